The van der Waals surface area contributed by atoms with Crippen molar-refractivity contribution in [3.63, 3.8) is 0 Å². The zero-order valence-corrected chi connectivity index (χ0v) is 9.52. The lowest BCUT2D eigenvalue weighted by atomic mass is 9.70. The van der Waals surface area contributed by atoms with Crippen LogP contribution in [0.2, 0.25) is 5.02 Å². The molecule has 5 heteroatoms. The fourth-order valence-electron chi connectivity index (χ4n) is 2.05. The first-order chi connectivity index (χ1) is 7.36. The maximum Gasteiger partial charge on any atom is 0.252 e. The first kappa shape index (κ1) is 11.6. The van der Waals surface area contributed by atoms with E-state index in [-0.39, 0.29) is 12.8 Å². The molecule has 0 saturated heterocycles. The van der Waals surface area contributed by atoms with Crippen molar-refractivity contribution in [1.82, 2.24) is 0 Å². The summed E-state index contributed by atoms with van der Waals surface area (Å²) in [5.41, 5.74) is 5.55. The van der Waals surface area contributed by atoms with Gasteiger partial charge in [-0.3, -0.25) is 0 Å². The molecule has 88 valence electrons. The molecule has 0 unspecified atom stereocenters. The van der Waals surface area contributed by atoms with Crippen LogP contribution in [0.3, 0.4) is 0 Å². The maximum absolute atomic E-state index is 12.8. The molecule has 0 bridgehead atoms. The number of hydrogen-bond acceptors (Lipinski definition) is 2. The summed E-state index contributed by atoms with van der Waals surface area (Å²) >= 11 is 5.92. The van der Waals surface area contributed by atoms with Gasteiger partial charge in [0.2, 0.25) is 0 Å². The summed E-state index contributed by atoms with van der Waals surface area (Å²) in [6.45, 7) is 0. The highest BCUT2D eigenvalue weighted by molar-refractivity contribution is 6.32. The number of methoxy groups -OCH3 is 1. The molecule has 0 radical (unpaired) electrons. The van der Waals surface area contributed by atoms with Gasteiger partial charge in [0.15, 0.2) is 0 Å². The Kier molecular flexibility index (Phi) is 2.59. The summed E-state index contributed by atoms with van der Waals surface area (Å²) in [5, 5.41) is 0.389. The van der Waals surface area contributed by atoms with Crippen LogP contribution in [0.4, 0.5) is 8.78 Å². The van der Waals surface area contributed by atoms with E-state index in [1.165, 1.54) is 7.11 Å². The zero-order valence-electron chi connectivity index (χ0n) is 8.77. The molecule has 0 atom stereocenters. The summed E-state index contributed by atoms with van der Waals surface area (Å²) in [5.74, 6) is -2.14. The molecule has 1 aromatic rings. The Labute approximate surface area is 97.3 Å². The number of rotatable bonds is 2. The van der Waals surface area contributed by atoms with Crippen LogP contribution in [-0.2, 0) is 5.54 Å². The number of alkyl halides is 2. The summed E-state index contributed by atoms with van der Waals surface area (Å²) in [7, 11) is 1.50. The van der Waals surface area contributed by atoms with Crippen LogP contribution in [0.5, 0.6) is 5.75 Å². The fraction of sp³-hybridized carbons (Fsp3) is 0.455. The monoisotopic (exact) mass is 247 g/mol. The van der Waals surface area contributed by atoms with Crippen molar-refractivity contribution in [2.45, 2.75) is 24.3 Å². The van der Waals surface area contributed by atoms with E-state index in [9.17, 15) is 8.78 Å². The lowest BCUT2D eigenvalue weighted by Gasteiger charge is -2.45. The SMILES string of the molecule is COc1ccc(C2(N)CC(F)(F)C2)cc1Cl. The van der Waals surface area contributed by atoms with E-state index in [0.29, 0.717) is 16.3 Å². The van der Waals surface area contributed by atoms with Gasteiger partial charge in [-0.2, -0.15) is 0 Å². The highest BCUT2D eigenvalue weighted by atomic mass is 35.5. The third kappa shape index (κ3) is 1.87. The number of halogens is 3. The van der Waals surface area contributed by atoms with Gasteiger partial charge in [-0.15, -0.1) is 0 Å². The third-order valence-corrected chi connectivity index (χ3v) is 3.17. The van der Waals surface area contributed by atoms with Gasteiger partial charge < -0.3 is 10.5 Å². The van der Waals surface area contributed by atoms with Crippen LogP contribution in [0, 0.1) is 0 Å². The predicted molar refractivity (Wildman–Crippen MR) is 58.1 cm³/mol. The summed E-state index contributed by atoms with van der Waals surface area (Å²) in [6.07, 6.45) is -0.661. The lowest BCUT2D eigenvalue weighted by molar-refractivity contribution is -0.125. The summed E-state index contributed by atoms with van der Waals surface area (Å²) < 4.78 is 30.6. The molecule has 2 N–H and O–H groups in total. The Morgan fingerprint density at radius 2 is 2.00 bits per heavy atom. The maximum atomic E-state index is 12.8. The highest BCUT2D eigenvalue weighted by Gasteiger charge is 2.55. The Hall–Kier alpha value is -0.870. The molecular formula is C11H12ClF2NO. The molecular weight excluding hydrogens is 236 g/mol. The van der Waals surface area contributed by atoms with Crippen molar-refractivity contribution in [3.8, 4) is 5.75 Å². The Balaban J connectivity index is 2.26. The molecule has 0 aromatic heterocycles. The molecule has 2 rings (SSSR count). The van der Waals surface area contributed by atoms with Crippen LogP contribution in [0.15, 0.2) is 18.2 Å². The van der Waals surface area contributed by atoms with Crippen LogP contribution in [-0.4, -0.2) is 13.0 Å². The van der Waals surface area contributed by atoms with Crippen LogP contribution >= 0.6 is 11.6 Å². The smallest absolute Gasteiger partial charge is 0.252 e. The van der Waals surface area contributed by atoms with Gasteiger partial charge >= 0.3 is 0 Å². The standard InChI is InChI=1S/C11H12ClF2NO/c1-16-9-3-2-7(4-8(9)12)10(15)5-11(13,14)6-10/h2-4H,5-6,15H2,1H3. The van der Waals surface area contributed by atoms with E-state index in [1.54, 1.807) is 18.2 Å². The van der Waals surface area contributed by atoms with Crippen LogP contribution < -0.4 is 10.5 Å². The van der Waals surface area contributed by atoms with Crippen LogP contribution in [0.25, 0.3) is 0 Å². The van der Waals surface area contributed by atoms with E-state index in [2.05, 4.69) is 0 Å². The van der Waals surface area contributed by atoms with Gasteiger partial charge in [0, 0.05) is 12.8 Å². The van der Waals surface area contributed by atoms with Crippen LogP contribution in [0.1, 0.15) is 18.4 Å². The van der Waals surface area contributed by atoms with Gasteiger partial charge in [-0.1, -0.05) is 17.7 Å². The Bertz CT molecular complexity index is 414. The molecule has 2 nitrogen and oxygen atoms in total. The van der Waals surface area contributed by atoms with E-state index >= 15 is 0 Å². The first-order valence-electron chi connectivity index (χ1n) is 4.87. The minimum absolute atomic E-state index is 0.331. The van der Waals surface area contributed by atoms with E-state index < -0.39 is 11.5 Å². The second-order valence-electron chi connectivity index (χ2n) is 4.21. The second kappa shape index (κ2) is 3.57. The molecule has 1 aliphatic carbocycles. The normalized spacial score (nSPS) is 21.3. The van der Waals surface area contributed by atoms with Crippen molar-refractivity contribution in [2.75, 3.05) is 7.11 Å². The summed E-state index contributed by atoms with van der Waals surface area (Å²) in [6, 6.07) is 4.92. The van der Waals surface area contributed by atoms with Crippen molar-refractivity contribution >= 4 is 11.6 Å². The van der Waals surface area contributed by atoms with E-state index in [4.69, 9.17) is 22.1 Å². The Morgan fingerprint density at radius 3 is 2.44 bits per heavy atom. The van der Waals surface area contributed by atoms with Gasteiger partial charge in [0.1, 0.15) is 5.75 Å². The lowest BCUT2D eigenvalue weighted by Crippen LogP contribution is -2.55. The van der Waals surface area contributed by atoms with Crippen molar-refractivity contribution in [1.29, 1.82) is 0 Å². The van der Waals surface area contributed by atoms with Gasteiger partial charge in [-0.25, -0.2) is 8.78 Å². The number of nitrogens with two attached hydrogens (primary N) is 1. The van der Waals surface area contributed by atoms with Crippen molar-refractivity contribution < 1.29 is 13.5 Å². The molecule has 0 amide bonds. The summed E-state index contributed by atoms with van der Waals surface area (Å²) in [4.78, 5) is 0. The molecule has 1 saturated carbocycles. The van der Waals surface area contributed by atoms with E-state index in [1.807, 2.05) is 0 Å². The van der Waals surface area contributed by atoms with Gasteiger partial charge in [0.25, 0.3) is 5.92 Å². The zero-order chi connectivity index (χ0) is 12.0. The number of hydrogen-bond donors (Lipinski definition) is 1. The quantitative estimate of drug-likeness (QED) is 0.872. The van der Waals surface area contributed by atoms with E-state index in [0.717, 1.165) is 0 Å². The van der Waals surface area contributed by atoms with Crippen molar-refractivity contribution in [3.05, 3.63) is 28.8 Å². The molecule has 0 heterocycles. The number of ether oxygens (including phenoxy) is 1. The highest BCUT2D eigenvalue weighted by Crippen LogP contribution is 2.50. The molecule has 0 aliphatic heterocycles. The van der Waals surface area contributed by atoms with Crippen molar-refractivity contribution in [2.24, 2.45) is 5.73 Å². The molecule has 1 fully saturated rings. The number of benzene rings is 1. The largest absolute Gasteiger partial charge is 0.495 e. The molecule has 1 aliphatic rings. The molecule has 16 heavy (non-hydrogen) atoms. The third-order valence-electron chi connectivity index (χ3n) is 2.87. The molecule has 0 spiro atoms. The minimum Gasteiger partial charge on any atom is -0.495 e. The van der Waals surface area contributed by atoms with Gasteiger partial charge in [0.05, 0.1) is 17.7 Å². The van der Waals surface area contributed by atoms with Gasteiger partial charge in [-0.05, 0) is 17.7 Å². The second-order valence-corrected chi connectivity index (χ2v) is 4.62. The molecule has 1 aromatic carbocycles. The average Bonchev–Trinajstić information content (AvgIpc) is 2.14. The Morgan fingerprint density at radius 1 is 1.38 bits per heavy atom. The predicted octanol–water partition coefficient (Wildman–Crippen LogP) is 2.93. The fourth-order valence-corrected chi connectivity index (χ4v) is 2.31. The topological polar surface area (TPSA) is 35.2 Å². The first-order valence-corrected chi connectivity index (χ1v) is 5.25. The average molecular weight is 248 g/mol. The minimum atomic E-state index is -2.65.